The Morgan fingerprint density at radius 1 is 0.536 bits per heavy atom. The molecule has 0 radical (unpaired) electrons. The zero-order chi connectivity index (χ0) is 20.7. The molecule has 0 fully saturated rings. The molecule has 2 heteroatoms. The summed E-state index contributed by atoms with van der Waals surface area (Å²) in [5.41, 5.74) is 5.89. The van der Waals surface area contributed by atoms with Crippen LogP contribution in [0.25, 0.3) is 21.8 Å². The molecule has 0 aliphatic rings. The second-order valence-electron chi connectivity index (χ2n) is 9.90. The summed E-state index contributed by atoms with van der Waals surface area (Å²) in [6, 6.07) is 17.8. The van der Waals surface area contributed by atoms with E-state index in [4.69, 9.17) is 0 Å². The van der Waals surface area contributed by atoms with Crippen LogP contribution in [0.15, 0.2) is 60.9 Å². The van der Waals surface area contributed by atoms with Crippen molar-refractivity contribution in [1.82, 2.24) is 9.13 Å². The third kappa shape index (κ3) is 4.16. The highest BCUT2D eigenvalue weighted by Crippen LogP contribution is 2.27. The first kappa shape index (κ1) is 20.3. The van der Waals surface area contributed by atoms with Gasteiger partial charge in [-0.3, -0.25) is 0 Å². The van der Waals surface area contributed by atoms with Crippen LogP contribution in [0.2, 0.25) is 0 Å². The molecule has 0 unspecified atom stereocenters. The number of fused-ring (bicyclic) bond motifs is 2. The lowest BCUT2D eigenvalue weighted by Gasteiger charge is -2.19. The summed E-state index contributed by atoms with van der Waals surface area (Å²) < 4.78 is 4.33. The predicted octanol–water partition coefficient (Wildman–Crippen LogP) is 6.95. The summed E-state index contributed by atoms with van der Waals surface area (Å²) in [6.45, 7) is 13.5. The minimum absolute atomic E-state index is 0.235. The van der Waals surface area contributed by atoms with E-state index in [2.05, 4.69) is 126 Å². The lowest BCUT2D eigenvalue weighted by Crippen LogP contribution is -2.10. The van der Waals surface area contributed by atoms with Gasteiger partial charge in [0.1, 0.15) is 0 Å². The maximum Gasteiger partial charge on any atom is 0.0480 e. The fourth-order valence-electron chi connectivity index (χ4n) is 3.48. The predicted molar refractivity (Wildman–Crippen MR) is 123 cm³/mol. The van der Waals surface area contributed by atoms with E-state index in [1.807, 2.05) is 0 Å². The van der Waals surface area contributed by atoms with Gasteiger partial charge in [-0.25, -0.2) is 0 Å². The van der Waals surface area contributed by atoms with Crippen molar-refractivity contribution in [3.05, 3.63) is 72.1 Å². The highest BCUT2D eigenvalue weighted by Gasteiger charge is 2.14. The molecule has 0 bridgehead atoms. The summed E-state index contributed by atoms with van der Waals surface area (Å²) in [5.74, 6) is 0. The fourth-order valence-corrected chi connectivity index (χ4v) is 3.48. The molecular weight excluding hydrogens is 340 g/mol. The van der Waals surface area contributed by atoms with Gasteiger partial charge < -0.3 is 9.13 Å². The first-order valence-corrected chi connectivity index (χ1v) is 10.1. The van der Waals surface area contributed by atoms with Crippen molar-refractivity contribution >= 4 is 21.8 Å². The Kier molecular flexibility index (Phi) is 5.18. The molecule has 0 N–H and O–H groups in total. The van der Waals surface area contributed by atoms with Crippen molar-refractivity contribution in [2.24, 2.45) is 14.1 Å². The van der Waals surface area contributed by atoms with Gasteiger partial charge in [0.05, 0.1) is 0 Å². The number of nitrogens with zero attached hydrogens (tertiary/aromatic N) is 2. The molecule has 2 heterocycles. The Morgan fingerprint density at radius 3 is 1.64 bits per heavy atom. The molecule has 0 saturated carbocycles. The van der Waals surface area contributed by atoms with Crippen molar-refractivity contribution in [3.63, 3.8) is 0 Å². The van der Waals surface area contributed by atoms with Crippen LogP contribution >= 0.6 is 0 Å². The van der Waals surface area contributed by atoms with Crippen molar-refractivity contribution < 1.29 is 0 Å². The first-order chi connectivity index (χ1) is 13.0. The smallest absolute Gasteiger partial charge is 0.0480 e. The van der Waals surface area contributed by atoms with E-state index in [0.29, 0.717) is 0 Å². The Hall–Kier alpha value is -2.48. The van der Waals surface area contributed by atoms with Crippen LogP contribution in [0, 0.1) is 0 Å². The zero-order valence-corrected chi connectivity index (χ0v) is 18.7. The molecule has 4 aromatic rings. The van der Waals surface area contributed by atoms with E-state index >= 15 is 0 Å². The van der Waals surface area contributed by atoms with Crippen molar-refractivity contribution in [2.75, 3.05) is 0 Å². The molecule has 2 aromatic carbocycles. The standard InChI is InChI=1S/2C13H17N/c1-13(2,3)11-5-6-12-10(9-11)7-8-14(12)4;1-13(2,3)11-6-5-10-7-8-14(4)12(10)9-11/h2*5-9H,1-4H3. The zero-order valence-electron chi connectivity index (χ0n) is 18.7. The Balaban J connectivity index is 0.000000161. The largest absolute Gasteiger partial charge is 0.351 e. The highest BCUT2D eigenvalue weighted by atomic mass is 14.9. The van der Waals surface area contributed by atoms with Gasteiger partial charge in [0, 0.05) is 37.5 Å². The summed E-state index contributed by atoms with van der Waals surface area (Å²) in [6.07, 6.45) is 4.22. The topological polar surface area (TPSA) is 9.86 Å². The molecule has 0 spiro atoms. The van der Waals surface area contributed by atoms with Crippen LogP contribution in [0.4, 0.5) is 0 Å². The minimum Gasteiger partial charge on any atom is -0.351 e. The SMILES string of the molecule is Cn1ccc2cc(C(C)(C)C)ccc21.Cn1ccc2ccc(C(C)(C)C)cc21. The number of aryl methyl sites for hydroxylation is 2. The molecular formula is C26H34N2. The highest BCUT2D eigenvalue weighted by molar-refractivity contribution is 5.81. The van der Waals surface area contributed by atoms with Crippen LogP contribution < -0.4 is 0 Å². The molecule has 0 saturated heterocycles. The van der Waals surface area contributed by atoms with Crippen molar-refractivity contribution in [1.29, 1.82) is 0 Å². The Labute approximate surface area is 169 Å². The average molecular weight is 375 g/mol. The number of rotatable bonds is 0. The van der Waals surface area contributed by atoms with E-state index in [1.54, 1.807) is 0 Å². The quantitative estimate of drug-likeness (QED) is 0.315. The van der Waals surface area contributed by atoms with Gasteiger partial charge in [-0.05, 0) is 63.1 Å². The van der Waals surface area contributed by atoms with Crippen LogP contribution in [-0.4, -0.2) is 9.13 Å². The molecule has 2 aromatic heterocycles. The third-order valence-corrected chi connectivity index (χ3v) is 5.51. The molecule has 0 aliphatic carbocycles. The van der Waals surface area contributed by atoms with Crippen LogP contribution in [0.1, 0.15) is 52.7 Å². The number of aromatic nitrogens is 2. The van der Waals surface area contributed by atoms with Gasteiger partial charge in [-0.2, -0.15) is 0 Å². The van der Waals surface area contributed by atoms with E-state index in [-0.39, 0.29) is 10.8 Å². The molecule has 28 heavy (non-hydrogen) atoms. The van der Waals surface area contributed by atoms with E-state index in [1.165, 1.54) is 32.9 Å². The summed E-state index contributed by atoms with van der Waals surface area (Å²) in [7, 11) is 4.17. The summed E-state index contributed by atoms with van der Waals surface area (Å²) >= 11 is 0. The lowest BCUT2D eigenvalue weighted by molar-refractivity contribution is 0.590. The van der Waals surface area contributed by atoms with E-state index in [9.17, 15) is 0 Å². The average Bonchev–Trinajstić information content (AvgIpc) is 3.17. The van der Waals surface area contributed by atoms with Gasteiger partial charge in [0.2, 0.25) is 0 Å². The van der Waals surface area contributed by atoms with Crippen molar-refractivity contribution in [2.45, 2.75) is 52.4 Å². The number of hydrogen-bond donors (Lipinski definition) is 0. The second kappa shape index (κ2) is 7.16. The molecule has 0 aliphatic heterocycles. The summed E-state index contributed by atoms with van der Waals surface area (Å²) in [5, 5.41) is 2.65. The van der Waals surface area contributed by atoms with E-state index < -0.39 is 0 Å². The maximum atomic E-state index is 2.29. The number of hydrogen-bond acceptors (Lipinski definition) is 0. The first-order valence-electron chi connectivity index (χ1n) is 10.1. The van der Waals surface area contributed by atoms with Gasteiger partial charge in [0.15, 0.2) is 0 Å². The fraction of sp³-hybridized carbons (Fsp3) is 0.385. The van der Waals surface area contributed by atoms with E-state index in [0.717, 1.165) is 0 Å². The van der Waals surface area contributed by atoms with Crippen LogP contribution in [0.3, 0.4) is 0 Å². The van der Waals surface area contributed by atoms with Gasteiger partial charge in [-0.1, -0.05) is 59.7 Å². The number of benzene rings is 2. The molecule has 4 rings (SSSR count). The van der Waals surface area contributed by atoms with Crippen molar-refractivity contribution in [3.8, 4) is 0 Å². The maximum absolute atomic E-state index is 2.29. The summed E-state index contributed by atoms with van der Waals surface area (Å²) in [4.78, 5) is 0. The minimum atomic E-state index is 0.235. The monoisotopic (exact) mass is 374 g/mol. The Bertz CT molecular complexity index is 1100. The Morgan fingerprint density at radius 2 is 1.04 bits per heavy atom. The molecule has 0 atom stereocenters. The van der Waals surface area contributed by atoms with Gasteiger partial charge in [0.25, 0.3) is 0 Å². The molecule has 0 amide bonds. The van der Waals surface area contributed by atoms with Gasteiger partial charge >= 0.3 is 0 Å². The van der Waals surface area contributed by atoms with Crippen LogP contribution in [0.5, 0.6) is 0 Å². The normalized spacial score (nSPS) is 12.3. The van der Waals surface area contributed by atoms with Gasteiger partial charge in [-0.15, -0.1) is 0 Å². The van der Waals surface area contributed by atoms with Crippen LogP contribution in [-0.2, 0) is 24.9 Å². The third-order valence-electron chi connectivity index (χ3n) is 5.51. The molecule has 148 valence electrons. The molecule has 2 nitrogen and oxygen atoms in total. The second-order valence-corrected chi connectivity index (χ2v) is 9.90. The lowest BCUT2D eigenvalue weighted by atomic mass is 9.86.